The summed E-state index contributed by atoms with van der Waals surface area (Å²) in [6.07, 6.45) is 1.17. The average Bonchev–Trinajstić information content (AvgIpc) is 2.63. The topological polar surface area (TPSA) is 192 Å². The number of aliphatic imine (C=N–C) groups is 1. The number of carbonyl (C=O) groups excluding carboxylic acids is 3. The van der Waals surface area contributed by atoms with Gasteiger partial charge in [-0.1, -0.05) is 30.3 Å². The minimum Gasteiger partial charge on any atom is -0.370 e. The molecule has 10 heteroatoms. The van der Waals surface area contributed by atoms with Crippen molar-refractivity contribution < 1.29 is 14.4 Å². The number of hydrogen-bond donors (Lipinski definition) is 6. The lowest BCUT2D eigenvalue weighted by atomic mass is 10.1. The van der Waals surface area contributed by atoms with Crippen LogP contribution in [0.1, 0.15) is 18.4 Å². The number of nitrogens with one attached hydrogen (secondary N) is 2. The molecule has 2 atom stereocenters. The number of rotatable bonds is 10. The maximum atomic E-state index is 11.9. The highest BCUT2D eigenvalue weighted by molar-refractivity contribution is 5.99. The zero-order valence-electron chi connectivity index (χ0n) is 15.1. The number of nitrogens with zero attached hydrogens (tertiary/aromatic N) is 1. The molecule has 0 saturated heterocycles. The Balaban J connectivity index is 2.29. The van der Waals surface area contributed by atoms with Crippen molar-refractivity contribution in [2.24, 2.45) is 27.9 Å². The highest BCUT2D eigenvalue weighted by Gasteiger charge is 2.18. The minimum absolute atomic E-state index is 0.0279. The summed E-state index contributed by atoms with van der Waals surface area (Å²) in [4.78, 5) is 39.3. The Labute approximate surface area is 157 Å². The van der Waals surface area contributed by atoms with Crippen molar-refractivity contribution in [1.29, 1.82) is 0 Å². The monoisotopic (exact) mass is 377 g/mol. The van der Waals surface area contributed by atoms with Gasteiger partial charge in [-0.15, -0.1) is 0 Å². The maximum absolute atomic E-state index is 11.9. The van der Waals surface area contributed by atoms with Crippen molar-refractivity contribution in [1.82, 2.24) is 10.6 Å². The molecule has 0 saturated carbocycles. The second-order valence-electron chi connectivity index (χ2n) is 5.98. The Bertz CT molecular complexity index is 660. The molecule has 0 spiro atoms. The molecule has 1 aromatic carbocycles. The van der Waals surface area contributed by atoms with E-state index in [4.69, 9.17) is 22.9 Å². The van der Waals surface area contributed by atoms with Crippen LogP contribution in [0.3, 0.4) is 0 Å². The van der Waals surface area contributed by atoms with Crippen LogP contribution in [0.15, 0.2) is 35.3 Å². The van der Waals surface area contributed by atoms with Gasteiger partial charge in [0.2, 0.25) is 17.7 Å². The molecule has 0 aliphatic rings. The Morgan fingerprint density at radius 3 is 2.30 bits per heavy atom. The van der Waals surface area contributed by atoms with Crippen LogP contribution in [-0.2, 0) is 20.8 Å². The molecule has 0 unspecified atom stereocenters. The van der Waals surface area contributed by atoms with Crippen LogP contribution in [-0.4, -0.2) is 48.9 Å². The predicted molar refractivity (Wildman–Crippen MR) is 102 cm³/mol. The second-order valence-corrected chi connectivity index (χ2v) is 5.98. The summed E-state index contributed by atoms with van der Waals surface area (Å²) < 4.78 is 0. The first-order chi connectivity index (χ1) is 12.8. The molecule has 0 bridgehead atoms. The molecule has 10 nitrogen and oxygen atoms in total. The summed E-state index contributed by atoms with van der Waals surface area (Å²) in [5.41, 5.74) is 22.8. The van der Waals surface area contributed by atoms with Gasteiger partial charge in [0.15, 0.2) is 5.96 Å². The molecule has 0 aliphatic carbocycles. The van der Waals surface area contributed by atoms with E-state index in [0.29, 0.717) is 25.8 Å². The molecular weight excluding hydrogens is 350 g/mol. The number of benzene rings is 1. The van der Waals surface area contributed by atoms with E-state index in [1.807, 2.05) is 30.3 Å². The van der Waals surface area contributed by atoms with Crippen LogP contribution in [0.5, 0.6) is 0 Å². The van der Waals surface area contributed by atoms with E-state index >= 15 is 0 Å². The van der Waals surface area contributed by atoms with E-state index in [-0.39, 0.29) is 12.5 Å². The third-order valence-corrected chi connectivity index (χ3v) is 3.63. The molecule has 0 aliphatic heterocycles. The smallest absolute Gasteiger partial charge is 0.245 e. The number of amides is 3. The molecule has 3 amide bonds. The van der Waals surface area contributed by atoms with E-state index in [1.165, 1.54) is 0 Å². The molecule has 0 aromatic heterocycles. The number of imide groups is 1. The molecule has 0 radical (unpaired) electrons. The molecular formula is C17H27N7O3. The normalized spacial score (nSPS) is 12.5. The summed E-state index contributed by atoms with van der Waals surface area (Å²) >= 11 is 0. The minimum atomic E-state index is -0.871. The number of carbonyl (C=O) groups is 3. The second kappa shape index (κ2) is 11.6. The van der Waals surface area contributed by atoms with Gasteiger partial charge in [0, 0.05) is 6.54 Å². The van der Waals surface area contributed by atoms with Gasteiger partial charge in [-0.05, 0) is 24.8 Å². The first-order valence-corrected chi connectivity index (χ1v) is 8.51. The van der Waals surface area contributed by atoms with E-state index in [0.717, 1.165) is 5.56 Å². The van der Waals surface area contributed by atoms with Crippen LogP contribution in [0.2, 0.25) is 0 Å². The van der Waals surface area contributed by atoms with Crippen molar-refractivity contribution in [2.45, 2.75) is 31.3 Å². The van der Waals surface area contributed by atoms with Crippen molar-refractivity contribution in [3.63, 3.8) is 0 Å². The van der Waals surface area contributed by atoms with Crippen molar-refractivity contribution >= 4 is 23.7 Å². The summed E-state index contributed by atoms with van der Waals surface area (Å²) in [5, 5.41) is 4.53. The predicted octanol–water partition coefficient (Wildman–Crippen LogP) is -2.30. The van der Waals surface area contributed by atoms with Crippen LogP contribution >= 0.6 is 0 Å². The molecule has 1 rings (SSSR count). The van der Waals surface area contributed by atoms with Gasteiger partial charge >= 0.3 is 0 Å². The Hall–Kier alpha value is -2.98. The standard InChI is InChI=1S/C17H27N7O3/c18-12(7-4-8-22-17(20)21)15(26)23-10-14(25)24-16(27)13(19)9-11-5-2-1-3-6-11/h1-3,5-6,12-13H,4,7-10,18-19H2,(H,23,26)(H4,20,21,22)(H,24,25,27)/t12-,13-/m0/s1. The summed E-state index contributed by atoms with van der Waals surface area (Å²) in [5.74, 6) is -1.81. The summed E-state index contributed by atoms with van der Waals surface area (Å²) in [6, 6.07) is 7.52. The first kappa shape index (κ1) is 22.1. The number of guanidine groups is 1. The lowest BCUT2D eigenvalue weighted by Gasteiger charge is -2.13. The molecule has 1 aromatic rings. The fraction of sp³-hybridized carbons (Fsp3) is 0.412. The van der Waals surface area contributed by atoms with Crippen molar-refractivity contribution in [2.75, 3.05) is 13.1 Å². The highest BCUT2D eigenvalue weighted by Crippen LogP contribution is 2.01. The lowest BCUT2D eigenvalue weighted by molar-refractivity contribution is -0.132. The molecule has 27 heavy (non-hydrogen) atoms. The fourth-order valence-corrected chi connectivity index (χ4v) is 2.18. The third kappa shape index (κ3) is 9.33. The van der Waals surface area contributed by atoms with Crippen molar-refractivity contribution in [3.05, 3.63) is 35.9 Å². The zero-order valence-corrected chi connectivity index (χ0v) is 15.1. The van der Waals surface area contributed by atoms with E-state index in [9.17, 15) is 14.4 Å². The van der Waals surface area contributed by atoms with Gasteiger partial charge in [0.05, 0.1) is 18.6 Å². The Morgan fingerprint density at radius 1 is 1.00 bits per heavy atom. The van der Waals surface area contributed by atoms with Gasteiger partial charge in [-0.3, -0.25) is 24.7 Å². The van der Waals surface area contributed by atoms with Crippen molar-refractivity contribution in [3.8, 4) is 0 Å². The molecule has 10 N–H and O–H groups in total. The average molecular weight is 377 g/mol. The fourth-order valence-electron chi connectivity index (χ4n) is 2.18. The molecule has 148 valence electrons. The summed E-state index contributed by atoms with van der Waals surface area (Å²) in [6.45, 7) is -0.0121. The van der Waals surface area contributed by atoms with Gasteiger partial charge in [-0.2, -0.15) is 0 Å². The van der Waals surface area contributed by atoms with Gasteiger partial charge < -0.3 is 28.3 Å². The molecule has 0 fully saturated rings. The van der Waals surface area contributed by atoms with Crippen LogP contribution in [0, 0.1) is 0 Å². The maximum Gasteiger partial charge on any atom is 0.245 e. The zero-order chi connectivity index (χ0) is 20.2. The van der Waals surface area contributed by atoms with E-state index < -0.39 is 29.8 Å². The highest BCUT2D eigenvalue weighted by atomic mass is 16.2. The largest absolute Gasteiger partial charge is 0.370 e. The van der Waals surface area contributed by atoms with E-state index in [1.54, 1.807) is 0 Å². The van der Waals surface area contributed by atoms with Crippen LogP contribution < -0.4 is 33.6 Å². The lowest BCUT2D eigenvalue weighted by Crippen LogP contribution is -2.49. The first-order valence-electron chi connectivity index (χ1n) is 8.51. The molecule has 0 heterocycles. The Morgan fingerprint density at radius 2 is 1.67 bits per heavy atom. The van der Waals surface area contributed by atoms with Gasteiger partial charge in [-0.25, -0.2) is 0 Å². The number of hydrogen-bond acceptors (Lipinski definition) is 6. The van der Waals surface area contributed by atoms with Gasteiger partial charge in [0.25, 0.3) is 0 Å². The SMILES string of the molecule is NC(N)=NCCC[C@H](N)C(=O)NCC(=O)NC(=O)[C@@H](N)Cc1ccccc1. The summed E-state index contributed by atoms with van der Waals surface area (Å²) in [7, 11) is 0. The quantitative estimate of drug-likeness (QED) is 0.150. The third-order valence-electron chi connectivity index (χ3n) is 3.63. The number of nitrogens with two attached hydrogens (primary N) is 4. The van der Waals surface area contributed by atoms with Gasteiger partial charge in [0.1, 0.15) is 0 Å². The van der Waals surface area contributed by atoms with E-state index in [2.05, 4.69) is 15.6 Å². The van der Waals surface area contributed by atoms with Crippen LogP contribution in [0.4, 0.5) is 0 Å². The Kier molecular flexibility index (Phi) is 9.48. The van der Waals surface area contributed by atoms with Crippen LogP contribution in [0.25, 0.3) is 0 Å².